The van der Waals surface area contributed by atoms with Crippen molar-refractivity contribution in [2.75, 3.05) is 6.61 Å². The molecule has 1 aromatic carbocycles. The molecule has 2 aromatic rings. The Kier molecular flexibility index (Phi) is 4.67. The number of alkyl halides is 1. The Morgan fingerprint density at radius 1 is 1.26 bits per heavy atom. The van der Waals surface area contributed by atoms with Crippen molar-refractivity contribution in [2.24, 2.45) is 0 Å². The van der Waals surface area contributed by atoms with Gasteiger partial charge in [-0.2, -0.15) is 0 Å². The highest BCUT2D eigenvalue weighted by Gasteiger charge is 2.43. The van der Waals surface area contributed by atoms with Crippen LogP contribution in [0.5, 0.6) is 0 Å². The first-order valence-corrected chi connectivity index (χ1v) is 8.27. The van der Waals surface area contributed by atoms with Gasteiger partial charge in [0.25, 0.3) is 5.56 Å². The predicted molar refractivity (Wildman–Crippen MR) is 91.6 cm³/mol. The molecule has 3 rings (SSSR count). The molecule has 1 aliphatic rings. The number of aromatic amines is 1. The molecule has 0 amide bonds. The van der Waals surface area contributed by atoms with Gasteiger partial charge in [-0.1, -0.05) is 52.9 Å². The van der Waals surface area contributed by atoms with Gasteiger partial charge in [-0.15, -0.1) is 0 Å². The molecular weight excluding hydrogens is 415 g/mol. The fraction of sp³-hybridized carbons (Fsp3) is 0.333. The van der Waals surface area contributed by atoms with Gasteiger partial charge in [-0.3, -0.25) is 14.3 Å². The van der Waals surface area contributed by atoms with E-state index in [0.29, 0.717) is 11.1 Å². The molecule has 1 aliphatic heterocycles. The fourth-order valence-electron chi connectivity index (χ4n) is 2.58. The summed E-state index contributed by atoms with van der Waals surface area (Å²) < 4.78 is 6.38. The number of H-pyrrole nitrogens is 1. The van der Waals surface area contributed by atoms with E-state index in [0.717, 1.165) is 0 Å². The largest absolute Gasteiger partial charge is 0.394 e. The van der Waals surface area contributed by atoms with E-state index in [2.05, 4.69) is 4.98 Å². The summed E-state index contributed by atoms with van der Waals surface area (Å²) in [5.41, 5.74) is -0.101. The number of aromatic nitrogens is 2. The molecule has 3 N–H and O–H groups in total. The van der Waals surface area contributed by atoms with Crippen molar-refractivity contribution in [3.63, 3.8) is 0 Å². The van der Waals surface area contributed by atoms with Crippen LogP contribution < -0.4 is 11.2 Å². The highest BCUT2D eigenvalue weighted by molar-refractivity contribution is 14.1. The zero-order chi connectivity index (χ0) is 16.6. The monoisotopic (exact) mass is 430 g/mol. The van der Waals surface area contributed by atoms with Crippen LogP contribution in [0.1, 0.15) is 6.23 Å². The van der Waals surface area contributed by atoms with Gasteiger partial charge in [0, 0.05) is 6.20 Å². The maximum atomic E-state index is 12.1. The highest BCUT2D eigenvalue weighted by atomic mass is 127. The normalized spacial score (nSPS) is 27.3. The molecule has 2 unspecified atom stereocenters. The van der Waals surface area contributed by atoms with Crippen LogP contribution >= 0.6 is 22.6 Å². The molecule has 0 aliphatic carbocycles. The molecule has 1 fully saturated rings. The second kappa shape index (κ2) is 6.56. The lowest BCUT2D eigenvalue weighted by Crippen LogP contribution is -2.36. The van der Waals surface area contributed by atoms with E-state index in [1.165, 1.54) is 10.8 Å². The number of benzene rings is 1. The maximum absolute atomic E-state index is 12.1. The van der Waals surface area contributed by atoms with Gasteiger partial charge in [-0.05, 0) is 5.56 Å². The third-order valence-electron chi connectivity index (χ3n) is 3.80. The molecular formula is C15H15IN2O5. The Labute approximate surface area is 144 Å². The summed E-state index contributed by atoms with van der Waals surface area (Å²) in [6, 6.07) is 8.95. The van der Waals surface area contributed by atoms with Gasteiger partial charge in [0.15, 0.2) is 6.23 Å². The third-order valence-corrected chi connectivity index (χ3v) is 5.15. The second-order valence-corrected chi connectivity index (χ2v) is 6.70. The molecule has 0 spiro atoms. The second-order valence-electron chi connectivity index (χ2n) is 5.26. The number of nitrogens with zero attached hydrogens (tertiary/aromatic N) is 1. The van der Waals surface area contributed by atoms with E-state index in [1.807, 2.05) is 28.7 Å². The predicted octanol–water partition coefficient (Wildman–Crippen LogP) is 0.258. The zero-order valence-corrected chi connectivity index (χ0v) is 14.1. The Morgan fingerprint density at radius 3 is 2.57 bits per heavy atom. The standard InChI is InChI=1S/C15H15IN2O5/c16-11-12(20)10(7-19)23-14(11)18-6-9(13(21)17-15(18)22)8-4-2-1-3-5-8/h1-6,10-12,14,19-20H,7H2,(H,17,21,22)/t10-,11?,12?,14-/m0/s1. The summed E-state index contributed by atoms with van der Waals surface area (Å²) >= 11 is 1.98. The number of aliphatic hydroxyl groups excluding tert-OH is 2. The van der Waals surface area contributed by atoms with E-state index in [9.17, 15) is 19.8 Å². The minimum absolute atomic E-state index is 0.333. The van der Waals surface area contributed by atoms with Crippen molar-refractivity contribution < 1.29 is 14.9 Å². The summed E-state index contributed by atoms with van der Waals surface area (Å²) in [7, 11) is 0. The molecule has 2 heterocycles. The molecule has 23 heavy (non-hydrogen) atoms. The van der Waals surface area contributed by atoms with E-state index < -0.39 is 33.6 Å². The van der Waals surface area contributed by atoms with Crippen molar-refractivity contribution in [1.82, 2.24) is 9.55 Å². The topological polar surface area (TPSA) is 105 Å². The lowest BCUT2D eigenvalue weighted by atomic mass is 10.1. The van der Waals surface area contributed by atoms with Crippen LogP contribution in [0, 0.1) is 0 Å². The maximum Gasteiger partial charge on any atom is 0.330 e. The summed E-state index contributed by atoms with van der Waals surface area (Å²) in [4.78, 5) is 26.5. The smallest absolute Gasteiger partial charge is 0.330 e. The SMILES string of the molecule is O=c1[nH]c(=O)n([C@H]2O[C@@H](CO)C(O)C2I)cc1-c1ccccc1. The summed E-state index contributed by atoms with van der Waals surface area (Å²) in [5, 5.41) is 19.3. The minimum Gasteiger partial charge on any atom is -0.394 e. The van der Waals surface area contributed by atoms with Crippen LogP contribution in [0.15, 0.2) is 46.1 Å². The minimum atomic E-state index is -0.899. The molecule has 122 valence electrons. The molecule has 4 atom stereocenters. The number of rotatable bonds is 3. The Morgan fingerprint density at radius 2 is 1.96 bits per heavy atom. The average molecular weight is 430 g/mol. The van der Waals surface area contributed by atoms with Crippen molar-refractivity contribution in [3.8, 4) is 11.1 Å². The Bertz CT molecular complexity index is 804. The van der Waals surface area contributed by atoms with Gasteiger partial charge >= 0.3 is 5.69 Å². The summed E-state index contributed by atoms with van der Waals surface area (Å²) in [6.45, 7) is -0.346. The molecule has 0 bridgehead atoms. The molecule has 0 radical (unpaired) electrons. The Balaban J connectivity index is 2.08. The quantitative estimate of drug-likeness (QED) is 0.479. The first-order valence-electron chi connectivity index (χ1n) is 7.02. The first-order chi connectivity index (χ1) is 11.0. The molecule has 1 saturated heterocycles. The first kappa shape index (κ1) is 16.4. The van der Waals surface area contributed by atoms with Gasteiger partial charge in [0.2, 0.25) is 0 Å². The van der Waals surface area contributed by atoms with Crippen molar-refractivity contribution in [2.45, 2.75) is 22.4 Å². The molecule has 7 nitrogen and oxygen atoms in total. The van der Waals surface area contributed by atoms with E-state index >= 15 is 0 Å². The third kappa shape index (κ3) is 2.99. The van der Waals surface area contributed by atoms with Crippen LogP contribution in [0.2, 0.25) is 0 Å². The molecule has 1 aromatic heterocycles. The highest BCUT2D eigenvalue weighted by Crippen LogP contribution is 2.34. The van der Waals surface area contributed by atoms with Crippen LogP contribution in [0.4, 0.5) is 0 Å². The van der Waals surface area contributed by atoms with Crippen molar-refractivity contribution in [1.29, 1.82) is 0 Å². The number of nitrogens with one attached hydrogen (secondary N) is 1. The zero-order valence-electron chi connectivity index (χ0n) is 11.9. The van der Waals surface area contributed by atoms with Gasteiger partial charge in [0.05, 0.1) is 22.2 Å². The van der Waals surface area contributed by atoms with Gasteiger partial charge in [0.1, 0.15) is 6.10 Å². The van der Waals surface area contributed by atoms with Crippen LogP contribution in [0.25, 0.3) is 11.1 Å². The number of halogens is 1. The van der Waals surface area contributed by atoms with E-state index in [4.69, 9.17) is 4.74 Å². The van der Waals surface area contributed by atoms with Crippen molar-refractivity contribution >= 4 is 22.6 Å². The van der Waals surface area contributed by atoms with Crippen molar-refractivity contribution in [3.05, 3.63) is 57.4 Å². The van der Waals surface area contributed by atoms with E-state index in [1.54, 1.807) is 24.3 Å². The van der Waals surface area contributed by atoms with Crippen LogP contribution in [-0.2, 0) is 4.74 Å². The average Bonchev–Trinajstić information content (AvgIpc) is 2.84. The molecule has 0 saturated carbocycles. The summed E-state index contributed by atoms with van der Waals surface area (Å²) in [5.74, 6) is 0. The fourth-order valence-corrected chi connectivity index (χ4v) is 3.56. The lowest BCUT2D eigenvalue weighted by molar-refractivity contribution is -0.0455. The van der Waals surface area contributed by atoms with Gasteiger partial charge in [-0.25, -0.2) is 4.79 Å². The van der Waals surface area contributed by atoms with Gasteiger partial charge < -0.3 is 14.9 Å². The number of aliphatic hydroxyl groups is 2. The lowest BCUT2D eigenvalue weighted by Gasteiger charge is -2.17. The molecule has 8 heteroatoms. The Hall–Kier alpha value is -1.49. The number of hydrogen-bond donors (Lipinski definition) is 3. The number of ether oxygens (including phenoxy) is 1. The van der Waals surface area contributed by atoms with E-state index in [-0.39, 0.29) is 6.61 Å². The number of hydrogen-bond acceptors (Lipinski definition) is 5. The van der Waals surface area contributed by atoms with Crippen LogP contribution in [0.3, 0.4) is 0 Å². The summed E-state index contributed by atoms with van der Waals surface area (Å²) in [6.07, 6.45) is -1.00. The van der Waals surface area contributed by atoms with Crippen LogP contribution in [-0.4, -0.2) is 42.5 Å².